The molecular weight excluding hydrogens is 460 g/mol. The molecule has 1 N–H and O–H groups in total. The van der Waals surface area contributed by atoms with Crippen molar-refractivity contribution < 1.29 is 12.8 Å². The van der Waals surface area contributed by atoms with E-state index in [1.54, 1.807) is 12.1 Å². The van der Waals surface area contributed by atoms with Gasteiger partial charge in [-0.2, -0.15) is 0 Å². The zero-order chi connectivity index (χ0) is 25.9. The predicted molar refractivity (Wildman–Crippen MR) is 148 cm³/mol. The van der Waals surface area contributed by atoms with Crippen LogP contribution < -0.4 is 9.62 Å². The van der Waals surface area contributed by atoms with Crippen LogP contribution in [0.4, 0.5) is 11.4 Å². The molecule has 190 valence electrons. The van der Waals surface area contributed by atoms with Gasteiger partial charge in [0, 0.05) is 18.7 Å². The summed E-state index contributed by atoms with van der Waals surface area (Å²) in [7, 11) is -5.52. The second-order valence-corrected chi connectivity index (χ2v) is 17.7. The van der Waals surface area contributed by atoms with E-state index in [0.717, 1.165) is 23.2 Å². The maximum absolute atomic E-state index is 13.2. The van der Waals surface area contributed by atoms with Gasteiger partial charge in [0.2, 0.25) is 0 Å². The third-order valence-electron chi connectivity index (χ3n) is 6.84. The molecule has 2 aromatic carbocycles. The molecule has 5 nitrogen and oxygen atoms in total. The molecule has 0 radical (unpaired) electrons. The first-order chi connectivity index (χ1) is 15.5. The average molecular weight is 505 g/mol. The third-order valence-corrected chi connectivity index (χ3v) is 12.8. The number of hydrogen-bond acceptors (Lipinski definition) is 4. The van der Waals surface area contributed by atoms with E-state index >= 15 is 0 Å². The fourth-order valence-electron chi connectivity index (χ4n) is 3.74. The first kappa shape index (κ1) is 28.4. The van der Waals surface area contributed by atoms with Crippen molar-refractivity contribution in [2.24, 2.45) is 0 Å². The Balaban J connectivity index is 2.31. The molecule has 0 saturated heterocycles. The molecule has 0 saturated carbocycles. The molecule has 2 aromatic rings. The van der Waals surface area contributed by atoms with Gasteiger partial charge in [-0.3, -0.25) is 4.72 Å². The lowest BCUT2D eigenvalue weighted by Crippen LogP contribution is -2.43. The van der Waals surface area contributed by atoms with Crippen LogP contribution in [0.3, 0.4) is 0 Å². The number of sulfonamides is 1. The predicted octanol–water partition coefficient (Wildman–Crippen LogP) is 7.12. The monoisotopic (exact) mass is 504 g/mol. The van der Waals surface area contributed by atoms with Crippen LogP contribution in [-0.4, -0.2) is 35.4 Å². The van der Waals surface area contributed by atoms with Crippen molar-refractivity contribution in [2.75, 3.05) is 16.2 Å². The second-order valence-electron chi connectivity index (χ2n) is 11.2. The summed E-state index contributed by atoms with van der Waals surface area (Å²) in [6.45, 7) is 22.4. The summed E-state index contributed by atoms with van der Waals surface area (Å²) in [5.74, 6) is 0. The molecule has 0 aliphatic heterocycles. The van der Waals surface area contributed by atoms with Crippen molar-refractivity contribution >= 4 is 29.7 Å². The highest BCUT2D eigenvalue weighted by Crippen LogP contribution is 2.37. The average Bonchev–Trinajstić information content (AvgIpc) is 2.68. The van der Waals surface area contributed by atoms with Crippen molar-refractivity contribution in [3.63, 3.8) is 0 Å². The number of nitrogens with one attached hydrogen (secondary N) is 1. The van der Waals surface area contributed by atoms with E-state index in [4.69, 9.17) is 4.43 Å². The molecule has 2 rings (SSSR count). The topological polar surface area (TPSA) is 58.6 Å². The fourth-order valence-corrected chi connectivity index (χ4v) is 5.87. The Bertz CT molecular complexity index is 1060. The molecule has 0 spiro atoms. The standard InChI is InChI=1S/C27H44N2O3SSi/c1-20(2)29(23(5)17-18-32-34(9,10)27(6,7)8)26-16-13-22(4)19-25(26)28-33(30,31)24-14-11-21(3)12-15-24/h11-16,19-20,23,28H,17-18H2,1-10H3. The first-order valence-corrected chi connectivity index (χ1v) is 16.6. The molecule has 7 heteroatoms. The molecule has 0 fully saturated rings. The van der Waals surface area contributed by atoms with Crippen molar-refractivity contribution in [1.82, 2.24) is 0 Å². The first-order valence-electron chi connectivity index (χ1n) is 12.2. The SMILES string of the molecule is Cc1ccc(S(=O)(=O)Nc2cc(C)ccc2N(C(C)C)C(C)CCO[Si](C)(C)C(C)(C)C)cc1. The van der Waals surface area contributed by atoms with Gasteiger partial charge in [0.15, 0.2) is 8.32 Å². The minimum absolute atomic E-state index is 0.173. The molecule has 0 amide bonds. The van der Waals surface area contributed by atoms with Crippen molar-refractivity contribution in [3.05, 3.63) is 53.6 Å². The Morgan fingerprint density at radius 3 is 2.06 bits per heavy atom. The van der Waals surface area contributed by atoms with Crippen LogP contribution in [0.5, 0.6) is 0 Å². The lowest BCUT2D eigenvalue weighted by atomic mass is 10.1. The van der Waals surface area contributed by atoms with E-state index in [-0.39, 0.29) is 22.0 Å². The highest BCUT2D eigenvalue weighted by Gasteiger charge is 2.37. The third kappa shape index (κ3) is 7.09. The fraction of sp³-hybridized carbons (Fsp3) is 0.556. The number of rotatable bonds is 10. The van der Waals surface area contributed by atoms with Crippen LogP contribution in [0.1, 0.15) is 59.1 Å². The quantitative estimate of drug-likeness (QED) is 0.350. The number of aryl methyl sites for hydroxylation is 2. The van der Waals surface area contributed by atoms with Gasteiger partial charge in [-0.05, 0) is 89.0 Å². The zero-order valence-electron chi connectivity index (χ0n) is 22.7. The summed E-state index contributed by atoms with van der Waals surface area (Å²) in [5.41, 5.74) is 3.51. The number of anilines is 2. The normalized spacial score (nSPS) is 13.7. The minimum Gasteiger partial charge on any atom is -0.417 e. The Morgan fingerprint density at radius 2 is 1.53 bits per heavy atom. The molecule has 0 aromatic heterocycles. The smallest absolute Gasteiger partial charge is 0.261 e. The van der Waals surface area contributed by atoms with Gasteiger partial charge in [-0.1, -0.05) is 44.5 Å². The van der Waals surface area contributed by atoms with E-state index in [0.29, 0.717) is 12.3 Å². The summed E-state index contributed by atoms with van der Waals surface area (Å²) >= 11 is 0. The van der Waals surface area contributed by atoms with Crippen LogP contribution in [0.15, 0.2) is 47.4 Å². The number of nitrogens with zero attached hydrogens (tertiary/aromatic N) is 1. The van der Waals surface area contributed by atoms with Gasteiger partial charge in [-0.25, -0.2) is 8.42 Å². The molecule has 1 unspecified atom stereocenters. The van der Waals surface area contributed by atoms with Crippen molar-refractivity contribution in [3.8, 4) is 0 Å². The van der Waals surface area contributed by atoms with E-state index in [2.05, 4.69) is 64.3 Å². The highest BCUT2D eigenvalue weighted by molar-refractivity contribution is 7.92. The minimum atomic E-state index is -3.70. The summed E-state index contributed by atoms with van der Waals surface area (Å²) < 4.78 is 35.6. The maximum atomic E-state index is 13.2. The van der Waals surface area contributed by atoms with Crippen LogP contribution in [0, 0.1) is 13.8 Å². The number of hydrogen-bond donors (Lipinski definition) is 1. The van der Waals surface area contributed by atoms with E-state index < -0.39 is 18.3 Å². The van der Waals surface area contributed by atoms with Crippen LogP contribution in [0.2, 0.25) is 18.1 Å². The zero-order valence-corrected chi connectivity index (χ0v) is 24.5. The van der Waals surface area contributed by atoms with Crippen LogP contribution in [0.25, 0.3) is 0 Å². The van der Waals surface area contributed by atoms with Crippen LogP contribution >= 0.6 is 0 Å². The van der Waals surface area contributed by atoms with Gasteiger partial charge in [0.05, 0.1) is 16.3 Å². The second kappa shape index (κ2) is 10.8. The van der Waals surface area contributed by atoms with E-state index in [1.807, 2.05) is 44.2 Å². The van der Waals surface area contributed by atoms with Gasteiger partial charge < -0.3 is 9.33 Å². The molecule has 0 heterocycles. The largest absolute Gasteiger partial charge is 0.417 e. The van der Waals surface area contributed by atoms with E-state index in [9.17, 15) is 8.42 Å². The van der Waals surface area contributed by atoms with Crippen molar-refractivity contribution in [2.45, 2.75) is 96.9 Å². The molecule has 0 aliphatic carbocycles. The van der Waals surface area contributed by atoms with Gasteiger partial charge in [0.1, 0.15) is 0 Å². The van der Waals surface area contributed by atoms with Gasteiger partial charge >= 0.3 is 0 Å². The maximum Gasteiger partial charge on any atom is 0.261 e. The van der Waals surface area contributed by atoms with Crippen LogP contribution in [-0.2, 0) is 14.4 Å². The van der Waals surface area contributed by atoms with Crippen molar-refractivity contribution in [1.29, 1.82) is 0 Å². The molecule has 0 aliphatic rings. The lowest BCUT2D eigenvalue weighted by molar-refractivity contribution is 0.270. The lowest BCUT2D eigenvalue weighted by Gasteiger charge is -2.39. The molecule has 0 bridgehead atoms. The summed E-state index contributed by atoms with van der Waals surface area (Å²) in [5, 5.41) is 0.173. The molecular formula is C27H44N2O3SSi. The Labute approximate surface area is 209 Å². The van der Waals surface area contributed by atoms with Gasteiger partial charge in [-0.15, -0.1) is 0 Å². The Hall–Kier alpha value is -1.83. The summed E-state index contributed by atoms with van der Waals surface area (Å²) in [6.07, 6.45) is 0.864. The molecule has 1 atom stereocenters. The Morgan fingerprint density at radius 1 is 0.971 bits per heavy atom. The molecule has 34 heavy (non-hydrogen) atoms. The summed E-state index contributed by atoms with van der Waals surface area (Å²) in [4.78, 5) is 2.55. The Kier molecular flexibility index (Phi) is 9.05. The number of benzene rings is 2. The van der Waals surface area contributed by atoms with Gasteiger partial charge in [0.25, 0.3) is 10.0 Å². The highest BCUT2D eigenvalue weighted by atomic mass is 32.2. The van der Waals surface area contributed by atoms with E-state index in [1.165, 1.54) is 0 Å². The summed E-state index contributed by atoms with van der Waals surface area (Å²) in [6, 6.07) is 13.3.